The van der Waals surface area contributed by atoms with Gasteiger partial charge >= 0.3 is 0 Å². The van der Waals surface area contributed by atoms with Gasteiger partial charge in [0.1, 0.15) is 0 Å². The van der Waals surface area contributed by atoms with Gasteiger partial charge in [-0.1, -0.05) is 26.7 Å². The minimum Gasteiger partial charge on any atom is -0.355 e. The molecule has 0 rings (SSSR count). The Morgan fingerprint density at radius 1 is 1.50 bits per heavy atom. The van der Waals surface area contributed by atoms with Crippen LogP contribution < -0.4 is 11.1 Å². The average Bonchev–Trinajstić information content (AvgIpc) is 2.10. The molecule has 0 aliphatic carbocycles. The molecule has 0 fully saturated rings. The highest BCUT2D eigenvalue weighted by Crippen LogP contribution is 1.96. The fraction of sp³-hybridized carbons (Fsp3) is 0.889. The van der Waals surface area contributed by atoms with Crippen LogP contribution in [0.15, 0.2) is 0 Å². The van der Waals surface area contributed by atoms with Crippen molar-refractivity contribution in [2.24, 2.45) is 5.73 Å². The highest BCUT2D eigenvalue weighted by atomic mass is 16.1. The van der Waals surface area contributed by atoms with Gasteiger partial charge in [-0.2, -0.15) is 0 Å². The zero-order valence-electron chi connectivity index (χ0n) is 8.10. The molecular weight excluding hydrogens is 152 g/mol. The van der Waals surface area contributed by atoms with Gasteiger partial charge in [0.2, 0.25) is 5.91 Å². The monoisotopic (exact) mass is 172 g/mol. The van der Waals surface area contributed by atoms with Gasteiger partial charge in [-0.15, -0.1) is 0 Å². The van der Waals surface area contributed by atoms with E-state index < -0.39 is 0 Å². The Hall–Kier alpha value is -0.570. The summed E-state index contributed by atoms with van der Waals surface area (Å²) in [5.74, 6) is 0.0851. The van der Waals surface area contributed by atoms with E-state index in [4.69, 9.17) is 5.73 Å². The number of hydrogen-bond acceptors (Lipinski definition) is 2. The summed E-state index contributed by atoms with van der Waals surface area (Å²) < 4.78 is 0. The molecule has 0 spiro atoms. The van der Waals surface area contributed by atoms with Crippen molar-refractivity contribution in [2.45, 2.75) is 45.6 Å². The zero-order chi connectivity index (χ0) is 9.40. The van der Waals surface area contributed by atoms with Gasteiger partial charge in [-0.25, -0.2) is 0 Å². The Labute approximate surface area is 74.7 Å². The number of amides is 1. The number of hydrogen-bond donors (Lipinski definition) is 2. The number of carbonyl (C=O) groups excluding carboxylic acids is 1. The molecule has 0 aromatic carbocycles. The molecule has 0 aromatic rings. The number of carbonyl (C=O) groups is 1. The number of nitrogens with one attached hydrogen (secondary N) is 1. The fourth-order valence-electron chi connectivity index (χ4n) is 0.938. The lowest BCUT2D eigenvalue weighted by atomic mass is 10.1. The second-order valence-corrected chi connectivity index (χ2v) is 3.06. The third kappa shape index (κ3) is 6.16. The van der Waals surface area contributed by atoms with Gasteiger partial charge in [0.15, 0.2) is 0 Å². The van der Waals surface area contributed by atoms with Crippen LogP contribution in [0.2, 0.25) is 0 Å². The molecule has 72 valence electrons. The van der Waals surface area contributed by atoms with Crippen LogP contribution >= 0.6 is 0 Å². The third-order valence-corrected chi connectivity index (χ3v) is 1.81. The Kier molecular flexibility index (Phi) is 6.76. The van der Waals surface area contributed by atoms with E-state index in [0.717, 1.165) is 19.3 Å². The van der Waals surface area contributed by atoms with Crippen LogP contribution in [0, 0.1) is 0 Å². The number of unbranched alkanes of at least 4 members (excludes halogenated alkanes) is 1. The van der Waals surface area contributed by atoms with Crippen LogP contribution in [0.3, 0.4) is 0 Å². The first-order chi connectivity index (χ1) is 5.70. The van der Waals surface area contributed by atoms with Crippen LogP contribution in [0.4, 0.5) is 0 Å². The first kappa shape index (κ1) is 11.4. The second kappa shape index (κ2) is 7.10. The van der Waals surface area contributed by atoms with Gasteiger partial charge in [0.25, 0.3) is 0 Å². The second-order valence-electron chi connectivity index (χ2n) is 3.06. The maximum absolute atomic E-state index is 10.8. The first-order valence-corrected chi connectivity index (χ1v) is 4.73. The average molecular weight is 172 g/mol. The first-order valence-electron chi connectivity index (χ1n) is 4.73. The van der Waals surface area contributed by atoms with Gasteiger partial charge in [0, 0.05) is 19.0 Å². The highest BCUT2D eigenvalue weighted by molar-refractivity contribution is 5.75. The quantitative estimate of drug-likeness (QED) is 0.628. The molecule has 0 saturated carbocycles. The van der Waals surface area contributed by atoms with Crippen molar-refractivity contribution in [2.75, 3.05) is 6.54 Å². The van der Waals surface area contributed by atoms with E-state index in [9.17, 15) is 4.79 Å². The Balaban J connectivity index is 3.30. The van der Waals surface area contributed by atoms with Crippen LogP contribution in [0.1, 0.15) is 39.5 Å². The van der Waals surface area contributed by atoms with Crippen LogP contribution in [0.5, 0.6) is 0 Å². The van der Waals surface area contributed by atoms with Crippen molar-refractivity contribution in [3.05, 3.63) is 0 Å². The summed E-state index contributed by atoms with van der Waals surface area (Å²) >= 11 is 0. The van der Waals surface area contributed by atoms with E-state index in [-0.39, 0.29) is 11.9 Å². The maximum atomic E-state index is 10.8. The summed E-state index contributed by atoms with van der Waals surface area (Å²) in [5, 5.41) is 2.78. The van der Waals surface area contributed by atoms with Crippen LogP contribution in [-0.2, 0) is 4.79 Å². The molecule has 0 aliphatic rings. The molecule has 0 radical (unpaired) electrons. The summed E-state index contributed by atoms with van der Waals surface area (Å²) in [5.41, 5.74) is 5.75. The van der Waals surface area contributed by atoms with Gasteiger partial charge in [-0.05, 0) is 6.42 Å². The lowest BCUT2D eigenvalue weighted by Gasteiger charge is -2.11. The standard InChI is InChI=1S/C9H20N2O/c1-3-5-6-8(10)7-11-9(12)4-2/h8H,3-7,10H2,1-2H3,(H,11,12). The molecule has 1 unspecified atom stereocenters. The molecule has 3 nitrogen and oxygen atoms in total. The van der Waals surface area contributed by atoms with Gasteiger partial charge in [0.05, 0.1) is 0 Å². The van der Waals surface area contributed by atoms with Crippen LogP contribution in [0.25, 0.3) is 0 Å². The SMILES string of the molecule is CCCCC(N)CNC(=O)CC. The lowest BCUT2D eigenvalue weighted by Crippen LogP contribution is -2.36. The summed E-state index contributed by atoms with van der Waals surface area (Å²) in [6.07, 6.45) is 3.85. The summed E-state index contributed by atoms with van der Waals surface area (Å²) in [6.45, 7) is 4.59. The molecule has 0 aliphatic heterocycles. The zero-order valence-corrected chi connectivity index (χ0v) is 8.10. The molecule has 0 bridgehead atoms. The molecule has 3 heteroatoms. The van der Waals surface area contributed by atoms with E-state index in [1.807, 2.05) is 6.92 Å². The van der Waals surface area contributed by atoms with Crippen molar-refractivity contribution in [1.29, 1.82) is 0 Å². The number of nitrogens with two attached hydrogens (primary N) is 1. The van der Waals surface area contributed by atoms with E-state index in [1.54, 1.807) is 0 Å². The molecule has 1 atom stereocenters. The topological polar surface area (TPSA) is 55.1 Å². The largest absolute Gasteiger partial charge is 0.355 e. The molecule has 0 heterocycles. The minimum absolute atomic E-state index is 0.0851. The number of rotatable bonds is 6. The third-order valence-electron chi connectivity index (χ3n) is 1.81. The van der Waals surface area contributed by atoms with E-state index in [0.29, 0.717) is 13.0 Å². The predicted molar refractivity (Wildman–Crippen MR) is 50.8 cm³/mol. The summed E-state index contributed by atoms with van der Waals surface area (Å²) in [7, 11) is 0. The molecule has 3 N–H and O–H groups in total. The Bertz CT molecular complexity index is 126. The van der Waals surface area contributed by atoms with E-state index >= 15 is 0 Å². The Morgan fingerprint density at radius 3 is 2.67 bits per heavy atom. The van der Waals surface area contributed by atoms with Crippen molar-refractivity contribution in [3.8, 4) is 0 Å². The Morgan fingerprint density at radius 2 is 2.17 bits per heavy atom. The molecule has 0 saturated heterocycles. The smallest absolute Gasteiger partial charge is 0.219 e. The van der Waals surface area contributed by atoms with Crippen molar-refractivity contribution in [3.63, 3.8) is 0 Å². The maximum Gasteiger partial charge on any atom is 0.219 e. The molecule has 1 amide bonds. The predicted octanol–water partition coefficient (Wildman–Crippen LogP) is 1.03. The normalized spacial score (nSPS) is 12.6. The minimum atomic E-state index is 0.0851. The summed E-state index contributed by atoms with van der Waals surface area (Å²) in [6, 6.07) is 0.125. The van der Waals surface area contributed by atoms with Gasteiger partial charge in [-0.3, -0.25) is 4.79 Å². The highest BCUT2D eigenvalue weighted by Gasteiger charge is 2.02. The van der Waals surface area contributed by atoms with Crippen molar-refractivity contribution in [1.82, 2.24) is 5.32 Å². The molecule has 12 heavy (non-hydrogen) atoms. The van der Waals surface area contributed by atoms with Crippen LogP contribution in [-0.4, -0.2) is 18.5 Å². The van der Waals surface area contributed by atoms with Crippen molar-refractivity contribution >= 4 is 5.91 Å². The van der Waals surface area contributed by atoms with E-state index in [2.05, 4.69) is 12.2 Å². The fourth-order valence-corrected chi connectivity index (χ4v) is 0.938. The van der Waals surface area contributed by atoms with Crippen molar-refractivity contribution < 1.29 is 4.79 Å². The molecular formula is C9H20N2O. The molecule has 0 aromatic heterocycles. The van der Waals surface area contributed by atoms with E-state index in [1.165, 1.54) is 0 Å². The summed E-state index contributed by atoms with van der Waals surface area (Å²) in [4.78, 5) is 10.8. The van der Waals surface area contributed by atoms with Gasteiger partial charge < -0.3 is 11.1 Å². The lowest BCUT2D eigenvalue weighted by molar-refractivity contribution is -0.120.